The highest BCUT2D eigenvalue weighted by Crippen LogP contribution is 2.26. The fourth-order valence-electron chi connectivity index (χ4n) is 7.71. The van der Waals surface area contributed by atoms with Crippen molar-refractivity contribution in [1.29, 1.82) is 0 Å². The molecule has 0 amide bonds. The van der Waals surface area contributed by atoms with Crippen LogP contribution >= 0.6 is 0 Å². The minimum atomic E-state index is -1.79. The van der Waals surface area contributed by atoms with Crippen molar-refractivity contribution < 1.29 is 73.8 Å². The topological polar surface area (TPSA) is 231 Å². The van der Waals surface area contributed by atoms with Crippen LogP contribution in [0.5, 0.6) is 0 Å². The quantitative estimate of drug-likeness (QED) is 0.0173. The number of hydrogen-bond acceptors (Lipinski definition) is 15. The highest BCUT2D eigenvalue weighted by Gasteiger charge is 2.47. The lowest BCUT2D eigenvalue weighted by Gasteiger charge is -2.42. The highest BCUT2D eigenvalue weighted by atomic mass is 16.7. The second-order valence-electron chi connectivity index (χ2n) is 18.7. The minimum absolute atomic E-state index is 0.0276. The second-order valence-corrected chi connectivity index (χ2v) is 18.7. The maximum atomic E-state index is 13.0. The second kappa shape index (κ2) is 44.3. The summed E-state index contributed by atoms with van der Waals surface area (Å²) in [4.78, 5) is 25.8. The van der Waals surface area contributed by atoms with E-state index in [1.54, 1.807) is 0 Å². The predicted molar refractivity (Wildman–Crippen MR) is 288 cm³/mol. The zero-order valence-electron chi connectivity index (χ0n) is 44.5. The van der Waals surface area contributed by atoms with Crippen molar-refractivity contribution in [1.82, 2.24) is 0 Å². The summed E-state index contributed by atoms with van der Waals surface area (Å²) in [5.74, 6) is -1.07. The van der Waals surface area contributed by atoms with E-state index in [9.17, 15) is 45.3 Å². The molecule has 4 unspecified atom stereocenters. The summed E-state index contributed by atoms with van der Waals surface area (Å²) in [5, 5.41) is 72.2. The number of carbonyl (C=O) groups excluding carboxylic acids is 2. The number of aliphatic hydroxyl groups is 7. The molecule has 0 aromatic rings. The number of aliphatic hydroxyl groups excluding tert-OH is 7. The molecule has 15 nitrogen and oxygen atoms in total. The molecule has 2 heterocycles. The number of unbranched alkanes of at least 4 members (excludes halogenated alkanes) is 9. The molecule has 2 saturated heterocycles. The van der Waals surface area contributed by atoms with Crippen LogP contribution in [0.4, 0.5) is 0 Å². The SMILES string of the molecule is CCCCC/C=C/C/C=C/C/C=C/C/C=C/C/C=C/CCC(=O)O[C@@H](COC(=O)CCCCC/C=C/C/C=C/C/C=C/C/C=C/CCCCC)CO[C@@H]1O[C@H](CO[C@@H]2O[C@H](CO)[C@H](O)C(O)C2O)[C@H](O)C(O)C1O. The molecular formula is C59H94O15. The van der Waals surface area contributed by atoms with Crippen molar-refractivity contribution in [2.45, 2.75) is 223 Å². The van der Waals surface area contributed by atoms with E-state index in [2.05, 4.69) is 111 Å². The van der Waals surface area contributed by atoms with Gasteiger partial charge in [0.1, 0.15) is 55.4 Å². The van der Waals surface area contributed by atoms with Gasteiger partial charge in [-0.3, -0.25) is 9.59 Å². The van der Waals surface area contributed by atoms with E-state index in [1.165, 1.54) is 38.5 Å². The molecule has 0 radical (unpaired) electrons. The summed E-state index contributed by atoms with van der Waals surface area (Å²) in [7, 11) is 0. The fourth-order valence-corrected chi connectivity index (χ4v) is 7.71. The smallest absolute Gasteiger partial charge is 0.306 e. The van der Waals surface area contributed by atoms with Crippen LogP contribution < -0.4 is 0 Å². The van der Waals surface area contributed by atoms with Crippen molar-refractivity contribution in [2.24, 2.45) is 0 Å². The monoisotopic (exact) mass is 1040 g/mol. The largest absolute Gasteiger partial charge is 0.462 e. The Morgan fingerprint density at radius 2 is 0.838 bits per heavy atom. The Kier molecular flexibility index (Phi) is 39.7. The predicted octanol–water partition coefficient (Wildman–Crippen LogP) is 8.71. The molecule has 2 aliphatic heterocycles. The van der Waals surface area contributed by atoms with Crippen molar-refractivity contribution in [3.8, 4) is 0 Å². The molecule has 11 atom stereocenters. The maximum Gasteiger partial charge on any atom is 0.306 e. The van der Waals surface area contributed by atoms with Gasteiger partial charge in [0.05, 0.1) is 19.8 Å². The number of rotatable bonds is 41. The Hall–Kier alpha value is -3.84. The Labute approximate surface area is 442 Å². The molecule has 2 rings (SSSR count). The average Bonchev–Trinajstić information content (AvgIpc) is 3.39. The van der Waals surface area contributed by atoms with Crippen molar-refractivity contribution in [3.05, 3.63) is 109 Å². The molecule has 7 N–H and O–H groups in total. The molecule has 420 valence electrons. The van der Waals surface area contributed by atoms with Crippen LogP contribution in [0.2, 0.25) is 0 Å². The van der Waals surface area contributed by atoms with Gasteiger partial charge in [-0.15, -0.1) is 0 Å². The Morgan fingerprint density at radius 3 is 1.30 bits per heavy atom. The number of carbonyl (C=O) groups is 2. The molecule has 0 aromatic carbocycles. The lowest BCUT2D eigenvalue weighted by molar-refractivity contribution is -0.332. The van der Waals surface area contributed by atoms with Crippen LogP contribution in [0.15, 0.2) is 109 Å². The van der Waals surface area contributed by atoms with Crippen molar-refractivity contribution in [2.75, 3.05) is 26.4 Å². The summed E-state index contributed by atoms with van der Waals surface area (Å²) in [5.41, 5.74) is 0. The van der Waals surface area contributed by atoms with E-state index in [0.29, 0.717) is 19.3 Å². The van der Waals surface area contributed by atoms with Crippen LogP contribution in [-0.4, -0.2) is 142 Å². The maximum absolute atomic E-state index is 13.0. The van der Waals surface area contributed by atoms with Crippen LogP contribution in [0.1, 0.15) is 155 Å². The third kappa shape index (κ3) is 31.3. The van der Waals surface area contributed by atoms with Gasteiger partial charge in [-0.05, 0) is 96.3 Å². The summed E-state index contributed by atoms with van der Waals surface area (Å²) in [6.07, 6.45) is 41.2. The first-order chi connectivity index (χ1) is 36.0. The van der Waals surface area contributed by atoms with Gasteiger partial charge < -0.3 is 64.2 Å². The third-order valence-electron chi connectivity index (χ3n) is 12.2. The minimum Gasteiger partial charge on any atom is -0.462 e. The van der Waals surface area contributed by atoms with Gasteiger partial charge in [-0.25, -0.2) is 0 Å². The summed E-state index contributed by atoms with van der Waals surface area (Å²) < 4.78 is 33.5. The zero-order chi connectivity index (χ0) is 53.9. The first-order valence-electron chi connectivity index (χ1n) is 27.5. The molecule has 0 spiro atoms. The average molecular weight is 1040 g/mol. The van der Waals surface area contributed by atoms with Crippen LogP contribution in [-0.2, 0) is 38.0 Å². The Morgan fingerprint density at radius 1 is 0.432 bits per heavy atom. The normalized spacial score (nSPS) is 25.5. The van der Waals surface area contributed by atoms with E-state index in [4.69, 9.17) is 28.4 Å². The highest BCUT2D eigenvalue weighted by molar-refractivity contribution is 5.70. The lowest BCUT2D eigenvalue weighted by Crippen LogP contribution is -2.61. The summed E-state index contributed by atoms with van der Waals surface area (Å²) >= 11 is 0. The molecule has 0 aliphatic carbocycles. The molecule has 0 saturated carbocycles. The van der Waals surface area contributed by atoms with E-state index >= 15 is 0 Å². The number of ether oxygens (including phenoxy) is 6. The first-order valence-corrected chi connectivity index (χ1v) is 27.5. The first kappa shape index (κ1) is 66.3. The van der Waals surface area contributed by atoms with E-state index in [-0.39, 0.29) is 19.4 Å². The fraction of sp³-hybridized carbons (Fsp3) is 0.661. The Bertz CT molecular complexity index is 1700. The van der Waals surface area contributed by atoms with Gasteiger partial charge in [0.2, 0.25) is 0 Å². The van der Waals surface area contributed by atoms with Gasteiger partial charge in [-0.1, -0.05) is 155 Å². The van der Waals surface area contributed by atoms with Gasteiger partial charge in [0, 0.05) is 12.8 Å². The number of esters is 2. The van der Waals surface area contributed by atoms with Crippen molar-refractivity contribution >= 4 is 11.9 Å². The number of hydrogen-bond donors (Lipinski definition) is 7. The summed E-state index contributed by atoms with van der Waals surface area (Å²) in [6.45, 7) is 2.40. The molecule has 0 bridgehead atoms. The van der Waals surface area contributed by atoms with Gasteiger partial charge in [0.15, 0.2) is 18.7 Å². The third-order valence-corrected chi connectivity index (χ3v) is 12.2. The molecular weight excluding hydrogens is 949 g/mol. The zero-order valence-corrected chi connectivity index (χ0v) is 44.5. The van der Waals surface area contributed by atoms with Crippen LogP contribution in [0.25, 0.3) is 0 Å². The van der Waals surface area contributed by atoms with Crippen LogP contribution in [0, 0.1) is 0 Å². The molecule has 15 heteroatoms. The van der Waals surface area contributed by atoms with Crippen molar-refractivity contribution in [3.63, 3.8) is 0 Å². The van der Waals surface area contributed by atoms with E-state index < -0.39 is 99.3 Å². The Balaban J connectivity index is 1.84. The van der Waals surface area contributed by atoms with Gasteiger partial charge in [0.25, 0.3) is 0 Å². The molecule has 2 aliphatic rings. The van der Waals surface area contributed by atoms with E-state index in [0.717, 1.165) is 70.6 Å². The molecule has 0 aromatic heterocycles. The summed E-state index contributed by atoms with van der Waals surface area (Å²) in [6, 6.07) is 0. The molecule has 2 fully saturated rings. The molecule has 74 heavy (non-hydrogen) atoms. The lowest BCUT2D eigenvalue weighted by atomic mass is 9.98. The van der Waals surface area contributed by atoms with Gasteiger partial charge in [-0.2, -0.15) is 0 Å². The van der Waals surface area contributed by atoms with Crippen LogP contribution in [0.3, 0.4) is 0 Å². The van der Waals surface area contributed by atoms with Gasteiger partial charge >= 0.3 is 11.9 Å². The number of allylic oxidation sites excluding steroid dienone is 18. The van der Waals surface area contributed by atoms with E-state index in [1.807, 2.05) is 12.2 Å². The standard InChI is InChI=1S/C59H94O15/c1-3-5-7-9-11-13-15-17-19-21-23-25-27-29-31-33-35-37-39-41-50(61)69-44-47(72-51(62)42-40-38-36-34-32-30-28-26-24-22-20-18-16-14-12-10-8-6-4-2)45-70-58-57(68)55(66)53(64)49(74-58)46-71-59-56(67)54(65)52(63)48(43-60)73-59/h11-14,17-20,23-26,29-32,36,38,47-49,52-60,63-68H,3-10,15-16,21-22,27-28,33-35,37,39-46H2,1-2H3/b13-11+,14-12+,19-17+,20-18+,25-23+,26-24+,31-29+,32-30+,38-36+/t47-,48+,49+,52-,53-,54?,55?,56?,57?,58+,59+/m0/s1.